The van der Waals surface area contributed by atoms with E-state index in [0.717, 1.165) is 22.9 Å². The maximum atomic E-state index is 13.0. The molecule has 0 fully saturated rings. The molecule has 1 aromatic heterocycles. The third kappa shape index (κ3) is 1.79. The van der Waals surface area contributed by atoms with Crippen molar-refractivity contribution in [1.82, 2.24) is 0 Å². The smallest absolute Gasteiger partial charge is 0.123 e. The van der Waals surface area contributed by atoms with Crippen LogP contribution in [-0.4, -0.2) is 6.54 Å². The van der Waals surface area contributed by atoms with Crippen molar-refractivity contribution in [3.05, 3.63) is 35.0 Å². The van der Waals surface area contributed by atoms with E-state index >= 15 is 0 Å². The summed E-state index contributed by atoms with van der Waals surface area (Å²) in [4.78, 5) is 0. The van der Waals surface area contributed by atoms with Crippen LogP contribution in [-0.2, 0) is 6.42 Å². The van der Waals surface area contributed by atoms with Gasteiger partial charge in [-0.1, -0.05) is 0 Å². The number of fused-ring (bicyclic) bond motifs is 1. The van der Waals surface area contributed by atoms with Gasteiger partial charge in [0.25, 0.3) is 0 Å². The molecule has 74 valence electrons. The number of aryl methyl sites for hydroxylation is 1. The summed E-state index contributed by atoms with van der Waals surface area (Å²) in [5.41, 5.74) is 6.67. The Labute approximate surface area is 86.4 Å². The summed E-state index contributed by atoms with van der Waals surface area (Å²) in [5.74, 6) is -0.162. The second-order valence-electron chi connectivity index (χ2n) is 3.29. The molecule has 1 heterocycles. The largest absolute Gasteiger partial charge is 0.330 e. The van der Waals surface area contributed by atoms with Crippen molar-refractivity contribution in [2.75, 3.05) is 6.54 Å². The van der Waals surface area contributed by atoms with Crippen molar-refractivity contribution in [3.8, 4) is 0 Å². The van der Waals surface area contributed by atoms with Crippen LogP contribution >= 0.6 is 11.3 Å². The topological polar surface area (TPSA) is 26.0 Å². The standard InChI is InChI=1S/C11H12FNS/c12-9-3-4-11-10(6-9)8(7-14-11)2-1-5-13/h3-4,6-7H,1-2,5,13H2. The van der Waals surface area contributed by atoms with E-state index in [0.29, 0.717) is 6.54 Å². The number of hydrogen-bond acceptors (Lipinski definition) is 2. The molecule has 0 bridgehead atoms. The molecular weight excluding hydrogens is 197 g/mol. The molecule has 0 unspecified atom stereocenters. The van der Waals surface area contributed by atoms with E-state index in [4.69, 9.17) is 5.73 Å². The minimum absolute atomic E-state index is 0.162. The SMILES string of the molecule is NCCCc1csc2ccc(F)cc12. The van der Waals surface area contributed by atoms with Gasteiger partial charge in [-0.15, -0.1) is 11.3 Å². The Morgan fingerprint density at radius 3 is 3.00 bits per heavy atom. The van der Waals surface area contributed by atoms with Crippen LogP contribution in [0.15, 0.2) is 23.6 Å². The first-order valence-electron chi connectivity index (χ1n) is 4.67. The van der Waals surface area contributed by atoms with E-state index in [-0.39, 0.29) is 5.82 Å². The Morgan fingerprint density at radius 2 is 2.21 bits per heavy atom. The molecule has 0 radical (unpaired) electrons. The number of benzene rings is 1. The minimum Gasteiger partial charge on any atom is -0.330 e. The molecule has 2 N–H and O–H groups in total. The molecule has 3 heteroatoms. The van der Waals surface area contributed by atoms with Crippen LogP contribution in [0.2, 0.25) is 0 Å². The van der Waals surface area contributed by atoms with Crippen molar-refractivity contribution < 1.29 is 4.39 Å². The first-order chi connectivity index (χ1) is 6.81. The number of nitrogens with two attached hydrogens (primary N) is 1. The Hall–Kier alpha value is -0.930. The molecule has 14 heavy (non-hydrogen) atoms. The first kappa shape index (κ1) is 9.62. The lowest BCUT2D eigenvalue weighted by Gasteiger charge is -1.97. The third-order valence-corrected chi connectivity index (χ3v) is 3.28. The summed E-state index contributed by atoms with van der Waals surface area (Å²) in [6, 6.07) is 4.95. The zero-order chi connectivity index (χ0) is 9.97. The maximum Gasteiger partial charge on any atom is 0.123 e. The Kier molecular flexibility index (Phi) is 2.79. The average Bonchev–Trinajstić information content (AvgIpc) is 2.57. The van der Waals surface area contributed by atoms with Crippen LogP contribution in [0, 0.1) is 5.82 Å². The highest BCUT2D eigenvalue weighted by Gasteiger charge is 2.04. The molecule has 0 aliphatic heterocycles. The van der Waals surface area contributed by atoms with E-state index in [1.165, 1.54) is 11.6 Å². The molecular formula is C11H12FNS. The van der Waals surface area contributed by atoms with Gasteiger partial charge in [-0.25, -0.2) is 4.39 Å². The predicted molar refractivity (Wildman–Crippen MR) is 59.2 cm³/mol. The van der Waals surface area contributed by atoms with Crippen LogP contribution < -0.4 is 5.73 Å². The fraction of sp³-hybridized carbons (Fsp3) is 0.273. The van der Waals surface area contributed by atoms with Crippen LogP contribution in [0.4, 0.5) is 4.39 Å². The van der Waals surface area contributed by atoms with E-state index < -0.39 is 0 Å². The van der Waals surface area contributed by atoms with Crippen LogP contribution in [0.1, 0.15) is 12.0 Å². The summed E-state index contributed by atoms with van der Waals surface area (Å²) < 4.78 is 14.1. The highest BCUT2D eigenvalue weighted by molar-refractivity contribution is 7.17. The van der Waals surface area contributed by atoms with Gasteiger partial charge >= 0.3 is 0 Å². The fourth-order valence-electron chi connectivity index (χ4n) is 1.54. The molecule has 1 nitrogen and oxygen atoms in total. The molecule has 0 amide bonds. The van der Waals surface area contributed by atoms with Crippen molar-refractivity contribution in [1.29, 1.82) is 0 Å². The van der Waals surface area contributed by atoms with Crippen molar-refractivity contribution in [2.24, 2.45) is 5.73 Å². The summed E-state index contributed by atoms with van der Waals surface area (Å²) in [5, 5.41) is 3.14. The highest BCUT2D eigenvalue weighted by Crippen LogP contribution is 2.27. The van der Waals surface area contributed by atoms with E-state index in [1.807, 2.05) is 6.07 Å². The van der Waals surface area contributed by atoms with Crippen LogP contribution in [0.5, 0.6) is 0 Å². The lowest BCUT2D eigenvalue weighted by molar-refractivity contribution is 0.629. The summed E-state index contributed by atoms with van der Waals surface area (Å²) >= 11 is 1.67. The fourth-order valence-corrected chi connectivity index (χ4v) is 2.52. The second kappa shape index (κ2) is 4.07. The summed E-state index contributed by atoms with van der Waals surface area (Å²) in [7, 11) is 0. The van der Waals surface area contributed by atoms with E-state index in [9.17, 15) is 4.39 Å². The Balaban J connectivity index is 2.40. The number of rotatable bonds is 3. The third-order valence-electron chi connectivity index (χ3n) is 2.27. The number of thiophene rings is 1. The van der Waals surface area contributed by atoms with E-state index in [1.54, 1.807) is 17.4 Å². The Bertz CT molecular complexity index is 436. The lowest BCUT2D eigenvalue weighted by atomic mass is 10.1. The minimum atomic E-state index is -0.162. The van der Waals surface area contributed by atoms with Gasteiger partial charge in [0.1, 0.15) is 5.82 Å². The van der Waals surface area contributed by atoms with Crippen molar-refractivity contribution >= 4 is 21.4 Å². The molecule has 0 spiro atoms. The molecule has 0 saturated heterocycles. The summed E-state index contributed by atoms with van der Waals surface area (Å²) in [6.07, 6.45) is 1.91. The van der Waals surface area contributed by atoms with Crippen molar-refractivity contribution in [3.63, 3.8) is 0 Å². The normalized spacial score (nSPS) is 11.0. The predicted octanol–water partition coefficient (Wildman–Crippen LogP) is 2.93. The molecule has 0 aliphatic rings. The zero-order valence-corrected chi connectivity index (χ0v) is 8.61. The van der Waals surface area contributed by atoms with Gasteiger partial charge in [0.15, 0.2) is 0 Å². The molecule has 0 atom stereocenters. The highest BCUT2D eigenvalue weighted by atomic mass is 32.1. The van der Waals surface area contributed by atoms with Gasteiger partial charge in [0.2, 0.25) is 0 Å². The maximum absolute atomic E-state index is 13.0. The van der Waals surface area contributed by atoms with E-state index in [2.05, 4.69) is 5.38 Å². The zero-order valence-electron chi connectivity index (χ0n) is 7.79. The van der Waals surface area contributed by atoms with Crippen LogP contribution in [0.3, 0.4) is 0 Å². The van der Waals surface area contributed by atoms with Gasteiger partial charge in [-0.05, 0) is 53.9 Å². The second-order valence-corrected chi connectivity index (χ2v) is 4.20. The van der Waals surface area contributed by atoms with Gasteiger partial charge < -0.3 is 5.73 Å². The van der Waals surface area contributed by atoms with Crippen LogP contribution in [0.25, 0.3) is 10.1 Å². The average molecular weight is 209 g/mol. The molecule has 0 aliphatic carbocycles. The molecule has 0 saturated carbocycles. The quantitative estimate of drug-likeness (QED) is 0.826. The first-order valence-corrected chi connectivity index (χ1v) is 5.55. The summed E-state index contributed by atoms with van der Waals surface area (Å²) in [6.45, 7) is 0.687. The molecule has 1 aromatic carbocycles. The van der Waals surface area contributed by atoms with Crippen molar-refractivity contribution in [2.45, 2.75) is 12.8 Å². The van der Waals surface area contributed by atoms with Gasteiger partial charge in [0.05, 0.1) is 0 Å². The lowest BCUT2D eigenvalue weighted by Crippen LogP contribution is -1.99. The monoisotopic (exact) mass is 209 g/mol. The molecule has 2 rings (SSSR count). The van der Waals surface area contributed by atoms with Gasteiger partial charge in [0, 0.05) is 4.70 Å². The number of hydrogen-bond donors (Lipinski definition) is 1. The number of halogens is 1. The Morgan fingerprint density at radius 1 is 1.36 bits per heavy atom. The molecule has 2 aromatic rings. The van der Waals surface area contributed by atoms with Gasteiger partial charge in [-0.2, -0.15) is 0 Å². The van der Waals surface area contributed by atoms with Gasteiger partial charge in [-0.3, -0.25) is 0 Å².